The fourth-order valence-electron chi connectivity index (χ4n) is 4.31. The first-order valence-corrected chi connectivity index (χ1v) is 13.3. The molecule has 0 bridgehead atoms. The summed E-state index contributed by atoms with van der Waals surface area (Å²) >= 11 is 0. The zero-order valence-electron chi connectivity index (χ0n) is 21.8. The Kier molecular flexibility index (Phi) is 13.5. The van der Waals surface area contributed by atoms with Crippen LogP contribution in [0.1, 0.15) is 56.9 Å². The van der Waals surface area contributed by atoms with Crippen LogP contribution in [0.2, 0.25) is 0 Å². The number of carboxylic acids is 1. The Balaban J connectivity index is 2.19. The molecule has 1 saturated heterocycles. The Morgan fingerprint density at radius 1 is 0.868 bits per heavy atom. The van der Waals surface area contributed by atoms with Crippen molar-refractivity contribution in [2.24, 2.45) is 11.5 Å². The third-order valence-corrected chi connectivity index (χ3v) is 6.53. The molecular formula is C26H42N6O6. The van der Waals surface area contributed by atoms with Gasteiger partial charge in [-0.15, -0.1) is 0 Å². The Morgan fingerprint density at radius 3 is 2.00 bits per heavy atom. The number of nitrogens with one attached hydrogen (secondary N) is 4. The highest BCUT2D eigenvalue weighted by Gasteiger charge is 2.31. The van der Waals surface area contributed by atoms with E-state index in [1.807, 2.05) is 0 Å². The van der Waals surface area contributed by atoms with Gasteiger partial charge in [0, 0.05) is 6.42 Å². The van der Waals surface area contributed by atoms with E-state index in [2.05, 4.69) is 21.3 Å². The van der Waals surface area contributed by atoms with Gasteiger partial charge >= 0.3 is 5.97 Å². The molecule has 212 valence electrons. The second-order valence-corrected chi connectivity index (χ2v) is 9.61. The molecule has 1 aliphatic heterocycles. The fourth-order valence-corrected chi connectivity index (χ4v) is 4.31. The molecule has 12 heteroatoms. The van der Waals surface area contributed by atoms with E-state index >= 15 is 0 Å². The van der Waals surface area contributed by atoms with E-state index < -0.39 is 35.9 Å². The van der Waals surface area contributed by atoms with Gasteiger partial charge in [-0.2, -0.15) is 0 Å². The largest absolute Gasteiger partial charge is 0.508 e. The highest BCUT2D eigenvalue weighted by molar-refractivity contribution is 5.94. The summed E-state index contributed by atoms with van der Waals surface area (Å²) in [5.41, 5.74) is 11.7. The predicted molar refractivity (Wildman–Crippen MR) is 142 cm³/mol. The monoisotopic (exact) mass is 534 g/mol. The lowest BCUT2D eigenvalue weighted by molar-refractivity contribution is -0.142. The topological polar surface area (TPSA) is 209 Å². The molecule has 0 saturated carbocycles. The number of carbonyl (C=O) groups excluding carboxylic acids is 3. The zero-order valence-corrected chi connectivity index (χ0v) is 21.8. The molecule has 1 aromatic carbocycles. The first kappa shape index (κ1) is 31.0. The second kappa shape index (κ2) is 16.6. The van der Waals surface area contributed by atoms with E-state index in [4.69, 9.17) is 11.5 Å². The third-order valence-electron chi connectivity index (χ3n) is 6.53. The molecule has 0 spiro atoms. The van der Waals surface area contributed by atoms with Crippen LogP contribution >= 0.6 is 0 Å². The molecular weight excluding hydrogens is 492 g/mol. The number of unbranched alkanes of at least 4 members (excludes halogenated alkanes) is 2. The smallest absolute Gasteiger partial charge is 0.326 e. The lowest BCUT2D eigenvalue weighted by Crippen LogP contribution is -2.57. The van der Waals surface area contributed by atoms with Crippen molar-refractivity contribution in [3.8, 4) is 5.75 Å². The highest BCUT2D eigenvalue weighted by atomic mass is 16.4. The maximum atomic E-state index is 13.3. The SMILES string of the molecule is NCCCCC(NC(=O)C(Cc1ccc(O)cc1)NC(=O)C(CCCCN)NC(=O)C1CCCN1)C(=O)O. The number of nitrogens with two attached hydrogens (primary N) is 2. The van der Waals surface area contributed by atoms with Crippen LogP contribution in [0.25, 0.3) is 0 Å². The van der Waals surface area contributed by atoms with Crippen molar-refractivity contribution in [1.82, 2.24) is 21.3 Å². The van der Waals surface area contributed by atoms with Gasteiger partial charge in [0.25, 0.3) is 0 Å². The van der Waals surface area contributed by atoms with E-state index in [1.54, 1.807) is 12.1 Å². The van der Waals surface area contributed by atoms with Crippen molar-refractivity contribution in [2.75, 3.05) is 19.6 Å². The standard InChI is InChI=1S/C26H42N6O6/c27-13-3-1-6-20(30-23(34)19-8-5-15-29-19)24(35)32-22(16-17-9-11-18(33)12-10-17)25(36)31-21(26(37)38)7-2-4-14-28/h9-12,19-22,29,33H,1-8,13-16,27-28H2,(H,30,34)(H,31,36)(H,32,35)(H,37,38). The minimum Gasteiger partial charge on any atom is -0.508 e. The molecule has 4 unspecified atom stereocenters. The number of rotatable bonds is 17. The summed E-state index contributed by atoms with van der Waals surface area (Å²) in [7, 11) is 0. The molecule has 0 aliphatic carbocycles. The van der Waals surface area contributed by atoms with Crippen molar-refractivity contribution in [2.45, 2.75) is 82.0 Å². The molecule has 1 aliphatic rings. The number of aliphatic carboxylic acids is 1. The Labute approximate surface area is 223 Å². The van der Waals surface area contributed by atoms with E-state index in [-0.39, 0.29) is 30.5 Å². The number of aromatic hydroxyl groups is 1. The molecule has 12 nitrogen and oxygen atoms in total. The maximum Gasteiger partial charge on any atom is 0.326 e. The van der Waals surface area contributed by atoms with Gasteiger partial charge in [-0.3, -0.25) is 14.4 Å². The molecule has 0 aromatic heterocycles. The Hall–Kier alpha value is -3.22. The van der Waals surface area contributed by atoms with E-state index in [0.29, 0.717) is 57.2 Å². The summed E-state index contributed by atoms with van der Waals surface area (Å²) in [6, 6.07) is 2.65. The van der Waals surface area contributed by atoms with E-state index in [1.165, 1.54) is 12.1 Å². The minimum absolute atomic E-state index is 0.0489. The summed E-state index contributed by atoms with van der Waals surface area (Å²) in [4.78, 5) is 51.1. The summed E-state index contributed by atoms with van der Waals surface area (Å²) < 4.78 is 0. The normalized spacial score (nSPS) is 17.3. The number of amides is 3. The summed E-state index contributed by atoms with van der Waals surface area (Å²) in [5, 5.41) is 30.4. The van der Waals surface area contributed by atoms with Crippen LogP contribution in [-0.2, 0) is 25.6 Å². The van der Waals surface area contributed by atoms with Crippen LogP contribution in [0.3, 0.4) is 0 Å². The summed E-state index contributed by atoms with van der Waals surface area (Å²) in [6.07, 6.45) is 4.55. The van der Waals surface area contributed by atoms with Crippen LogP contribution in [0.5, 0.6) is 5.75 Å². The second-order valence-electron chi connectivity index (χ2n) is 9.61. The third kappa shape index (κ3) is 10.6. The lowest BCUT2D eigenvalue weighted by atomic mass is 10.0. The molecule has 0 radical (unpaired) electrons. The van der Waals surface area contributed by atoms with Crippen molar-refractivity contribution in [3.63, 3.8) is 0 Å². The average Bonchev–Trinajstić information content (AvgIpc) is 3.43. The molecule has 4 atom stereocenters. The van der Waals surface area contributed by atoms with Crippen LogP contribution < -0.4 is 32.7 Å². The van der Waals surface area contributed by atoms with Crippen LogP contribution in [0.4, 0.5) is 0 Å². The van der Waals surface area contributed by atoms with Gasteiger partial charge in [0.05, 0.1) is 6.04 Å². The average molecular weight is 535 g/mol. The van der Waals surface area contributed by atoms with Gasteiger partial charge in [0.2, 0.25) is 17.7 Å². The molecule has 1 aromatic rings. The van der Waals surface area contributed by atoms with Crippen LogP contribution in [0, 0.1) is 0 Å². The molecule has 38 heavy (non-hydrogen) atoms. The first-order chi connectivity index (χ1) is 18.2. The highest BCUT2D eigenvalue weighted by Crippen LogP contribution is 2.13. The fraction of sp³-hybridized carbons (Fsp3) is 0.615. The number of phenolic OH excluding ortho intramolecular Hbond substituents is 1. The van der Waals surface area contributed by atoms with Gasteiger partial charge in [-0.05, 0) is 88.7 Å². The van der Waals surface area contributed by atoms with E-state index in [9.17, 15) is 29.4 Å². The van der Waals surface area contributed by atoms with E-state index in [0.717, 1.165) is 13.0 Å². The van der Waals surface area contributed by atoms with Crippen molar-refractivity contribution < 1.29 is 29.4 Å². The number of hydrogen-bond donors (Lipinski definition) is 8. The first-order valence-electron chi connectivity index (χ1n) is 13.3. The minimum atomic E-state index is -1.18. The number of hydrogen-bond acceptors (Lipinski definition) is 8. The number of carboxylic acid groups (broad SMARTS) is 1. The predicted octanol–water partition coefficient (Wildman–Crippen LogP) is -0.516. The zero-order chi connectivity index (χ0) is 27.9. The number of benzene rings is 1. The molecule has 1 fully saturated rings. The molecule has 10 N–H and O–H groups in total. The maximum absolute atomic E-state index is 13.3. The van der Waals surface area contributed by atoms with Gasteiger partial charge in [0.15, 0.2) is 0 Å². The van der Waals surface area contributed by atoms with Crippen molar-refractivity contribution in [1.29, 1.82) is 0 Å². The molecule has 2 rings (SSSR count). The van der Waals surface area contributed by atoms with Gasteiger partial charge < -0.3 is 42.9 Å². The number of phenols is 1. The van der Waals surface area contributed by atoms with Gasteiger partial charge in [-0.25, -0.2) is 4.79 Å². The Bertz CT molecular complexity index is 906. The molecule has 3 amide bonds. The van der Waals surface area contributed by atoms with Crippen LogP contribution in [0.15, 0.2) is 24.3 Å². The molecule has 1 heterocycles. The summed E-state index contributed by atoms with van der Waals surface area (Å²) in [6.45, 7) is 1.58. The Morgan fingerprint density at radius 2 is 1.45 bits per heavy atom. The van der Waals surface area contributed by atoms with Crippen molar-refractivity contribution in [3.05, 3.63) is 29.8 Å². The van der Waals surface area contributed by atoms with Gasteiger partial charge in [0.1, 0.15) is 23.9 Å². The number of carbonyl (C=O) groups is 4. The van der Waals surface area contributed by atoms with Crippen molar-refractivity contribution >= 4 is 23.7 Å². The lowest BCUT2D eigenvalue weighted by Gasteiger charge is -2.25. The quantitative estimate of drug-likeness (QED) is 0.121. The van der Waals surface area contributed by atoms with Crippen LogP contribution in [-0.4, -0.2) is 77.7 Å². The van der Waals surface area contributed by atoms with Gasteiger partial charge in [-0.1, -0.05) is 12.1 Å². The summed E-state index contributed by atoms with van der Waals surface area (Å²) in [5.74, 6) is -2.60.